The molecular weight excluding hydrogens is 485 g/mol. The Balaban J connectivity index is 1.71. The lowest BCUT2D eigenvalue weighted by Crippen LogP contribution is -2.37. The van der Waals surface area contributed by atoms with Crippen molar-refractivity contribution in [2.75, 3.05) is 12.3 Å². The quantitative estimate of drug-likeness (QED) is 0.311. The van der Waals surface area contributed by atoms with Crippen molar-refractivity contribution in [3.05, 3.63) is 47.1 Å². The Morgan fingerprint density at radius 1 is 1.35 bits per heavy atom. The van der Waals surface area contributed by atoms with Gasteiger partial charge < -0.3 is 20.1 Å². The van der Waals surface area contributed by atoms with Gasteiger partial charge in [-0.05, 0) is 32.9 Å². The number of nitrogens with two attached hydrogens (primary N) is 1. The average Bonchev–Trinajstić information content (AvgIpc) is 3.12. The molecule has 0 saturated carbocycles. The number of carbonyl (C=O) groups excluding carboxylic acids is 1. The van der Waals surface area contributed by atoms with E-state index in [2.05, 4.69) is 15.1 Å². The number of hydrogen-bond donors (Lipinski definition) is 3. The van der Waals surface area contributed by atoms with E-state index in [9.17, 15) is 19.3 Å². The number of aromatic nitrogens is 3. The Morgan fingerprint density at radius 2 is 2.06 bits per heavy atom. The van der Waals surface area contributed by atoms with Crippen molar-refractivity contribution >= 4 is 31.4 Å². The van der Waals surface area contributed by atoms with Crippen LogP contribution in [0, 0.1) is 0 Å². The van der Waals surface area contributed by atoms with Crippen LogP contribution in [0.25, 0.3) is 0 Å². The zero-order chi connectivity index (χ0) is 24.9. The van der Waals surface area contributed by atoms with Crippen LogP contribution in [0.4, 0.5) is 5.95 Å². The molecule has 14 heteroatoms. The Morgan fingerprint density at radius 3 is 2.71 bits per heavy atom. The molecule has 1 fully saturated rings. The molecule has 2 heterocycles. The van der Waals surface area contributed by atoms with Crippen molar-refractivity contribution in [2.24, 2.45) is 0 Å². The number of nitrogens with zero attached hydrogens (tertiary/aromatic N) is 3. The summed E-state index contributed by atoms with van der Waals surface area (Å²) in [6.45, 7) is 4.70. The summed E-state index contributed by atoms with van der Waals surface area (Å²) < 4.78 is 31.2. The summed E-state index contributed by atoms with van der Waals surface area (Å²) in [5.41, 5.74) is 4.84. The van der Waals surface area contributed by atoms with Crippen molar-refractivity contribution in [1.29, 1.82) is 0 Å². The van der Waals surface area contributed by atoms with Crippen LogP contribution < -0.4 is 21.0 Å². The smallest absolute Gasteiger partial charge is 0.459 e. The topological polar surface area (TPSA) is 168 Å². The molecule has 1 aliphatic heterocycles. The monoisotopic (exact) mass is 513 g/mol. The number of para-hydroxylation sites is 1. The molecule has 0 spiro atoms. The highest BCUT2D eigenvalue weighted by atomic mass is 32.2. The molecule has 2 aromatic rings. The molecule has 0 radical (unpaired) electrons. The minimum Gasteiger partial charge on any atom is -0.462 e. The number of hydrogen-bond acceptors (Lipinski definition) is 11. The van der Waals surface area contributed by atoms with E-state index in [4.69, 9.17) is 19.5 Å². The number of benzene rings is 1. The van der Waals surface area contributed by atoms with Gasteiger partial charge >= 0.3 is 19.4 Å². The molecule has 2 unspecified atom stereocenters. The normalized spacial score (nSPS) is 22.8. The van der Waals surface area contributed by atoms with Crippen LogP contribution in [0.1, 0.15) is 32.6 Å². The van der Waals surface area contributed by atoms with Crippen LogP contribution in [0.3, 0.4) is 0 Å². The number of carbonyl (C=O) groups is 1. The minimum atomic E-state index is -4.07. The van der Waals surface area contributed by atoms with Gasteiger partial charge in [-0.3, -0.25) is 13.9 Å². The number of nitrogens with one attached hydrogen (secondary N) is 1. The Hall–Kier alpha value is -2.44. The molecule has 1 aromatic carbocycles. The lowest BCUT2D eigenvalue weighted by atomic mass is 10.2. The lowest BCUT2D eigenvalue weighted by molar-refractivity contribution is -0.149. The van der Waals surface area contributed by atoms with Crippen molar-refractivity contribution < 1.29 is 28.3 Å². The van der Waals surface area contributed by atoms with Crippen molar-refractivity contribution in [3.63, 3.8) is 0 Å². The molecule has 12 nitrogen and oxygen atoms in total. The third-order valence-corrected chi connectivity index (χ3v) is 7.87. The summed E-state index contributed by atoms with van der Waals surface area (Å²) in [5, 5.41) is 12.1. The fourth-order valence-corrected chi connectivity index (χ4v) is 6.14. The molecule has 3 rings (SSSR count). The number of esters is 1. The molecule has 34 heavy (non-hydrogen) atoms. The number of rotatable bonds is 10. The predicted molar refractivity (Wildman–Crippen MR) is 126 cm³/mol. The lowest BCUT2D eigenvalue weighted by Gasteiger charge is -2.25. The molecule has 186 valence electrons. The van der Waals surface area contributed by atoms with Gasteiger partial charge in [0.1, 0.15) is 18.1 Å². The highest BCUT2D eigenvalue weighted by Crippen LogP contribution is 2.48. The first-order valence-corrected chi connectivity index (χ1v) is 13.1. The summed E-state index contributed by atoms with van der Waals surface area (Å²) in [4.78, 5) is 31.8. The second-order valence-electron chi connectivity index (χ2n) is 7.87. The number of thioether (sulfide) groups is 1. The molecule has 1 saturated heterocycles. The van der Waals surface area contributed by atoms with Gasteiger partial charge in [0, 0.05) is 6.42 Å². The second-order valence-corrected chi connectivity index (χ2v) is 11.0. The average molecular weight is 514 g/mol. The van der Waals surface area contributed by atoms with Gasteiger partial charge in [-0.15, -0.1) is 11.8 Å². The van der Waals surface area contributed by atoms with E-state index >= 15 is 0 Å². The Bertz CT molecular complexity index is 1090. The second kappa shape index (κ2) is 11.3. The predicted octanol–water partition coefficient (Wildman–Crippen LogP) is 1.72. The van der Waals surface area contributed by atoms with Gasteiger partial charge in [0.15, 0.2) is 0 Å². The summed E-state index contributed by atoms with van der Waals surface area (Å²) >= 11 is 1.24. The van der Waals surface area contributed by atoms with Crippen LogP contribution >= 0.6 is 19.5 Å². The van der Waals surface area contributed by atoms with E-state index in [1.54, 1.807) is 44.2 Å². The van der Waals surface area contributed by atoms with Crippen LogP contribution in [0.5, 0.6) is 5.75 Å². The standard InChI is InChI=1S/C20H28N5O7PS/c1-12(2)31-18(27)13(3)24-33(29,32-14-7-5-4-6-8-14)30-10-16-15(26)9-17(34-16)25-11-22-19(21)23-20(25)28/h4-8,11-13,15-17,26H,9-10H2,1-3H3,(H,24,29)(H2,21,23,28)/t13-,15?,16+,17+,33?/m0/s1. The largest absolute Gasteiger partial charge is 0.462 e. The highest BCUT2D eigenvalue weighted by Gasteiger charge is 2.39. The Kier molecular flexibility index (Phi) is 8.72. The van der Waals surface area contributed by atoms with Crippen LogP contribution in [0.2, 0.25) is 0 Å². The first-order chi connectivity index (χ1) is 16.1. The molecule has 0 bridgehead atoms. The van der Waals surface area contributed by atoms with Gasteiger partial charge in [-0.1, -0.05) is 18.2 Å². The number of aliphatic hydroxyl groups excluding tert-OH is 1. The third kappa shape index (κ3) is 7.03. The van der Waals surface area contributed by atoms with E-state index in [0.717, 1.165) is 0 Å². The number of anilines is 1. The molecular formula is C20H28N5O7PS. The molecule has 1 aliphatic rings. The van der Waals surface area contributed by atoms with Gasteiger partial charge in [0.2, 0.25) is 5.95 Å². The molecule has 1 aromatic heterocycles. The molecule has 5 atom stereocenters. The first-order valence-electron chi connectivity index (χ1n) is 10.6. The van der Waals surface area contributed by atoms with E-state index in [1.807, 2.05) is 0 Å². The van der Waals surface area contributed by atoms with Gasteiger partial charge in [-0.25, -0.2) is 14.3 Å². The fourth-order valence-electron chi connectivity index (χ4n) is 3.09. The van der Waals surface area contributed by atoms with E-state index in [1.165, 1.54) is 29.6 Å². The van der Waals surface area contributed by atoms with Crippen molar-refractivity contribution in [3.8, 4) is 5.75 Å². The van der Waals surface area contributed by atoms with Crippen LogP contribution in [-0.4, -0.2) is 55.7 Å². The van der Waals surface area contributed by atoms with E-state index in [0.29, 0.717) is 0 Å². The summed E-state index contributed by atoms with van der Waals surface area (Å²) in [5.74, 6) is -0.487. The molecule has 0 amide bonds. The first kappa shape index (κ1) is 26.2. The van der Waals surface area contributed by atoms with E-state index < -0.39 is 42.2 Å². The van der Waals surface area contributed by atoms with Crippen LogP contribution in [-0.2, 0) is 18.6 Å². The number of aliphatic hydroxyl groups is 1. The van der Waals surface area contributed by atoms with Crippen molar-refractivity contribution in [1.82, 2.24) is 19.6 Å². The third-order valence-electron chi connectivity index (χ3n) is 4.69. The zero-order valence-electron chi connectivity index (χ0n) is 18.9. The van der Waals surface area contributed by atoms with Gasteiger partial charge in [-0.2, -0.15) is 10.1 Å². The fraction of sp³-hybridized carbons (Fsp3) is 0.500. The van der Waals surface area contributed by atoms with E-state index in [-0.39, 0.29) is 30.8 Å². The molecule has 4 N–H and O–H groups in total. The number of ether oxygens (including phenoxy) is 1. The van der Waals surface area contributed by atoms with Gasteiger partial charge in [0.25, 0.3) is 0 Å². The minimum absolute atomic E-state index is 0.139. The summed E-state index contributed by atoms with van der Waals surface area (Å²) in [6, 6.07) is 7.36. The highest BCUT2D eigenvalue weighted by molar-refractivity contribution is 8.00. The number of nitrogen functional groups attached to an aromatic ring is 1. The maximum Gasteiger partial charge on any atom is 0.459 e. The maximum absolute atomic E-state index is 13.5. The molecule has 0 aliphatic carbocycles. The zero-order valence-corrected chi connectivity index (χ0v) is 20.6. The Labute approximate surface area is 200 Å². The van der Waals surface area contributed by atoms with Crippen molar-refractivity contribution in [2.45, 2.75) is 56.1 Å². The maximum atomic E-state index is 13.5. The van der Waals surface area contributed by atoms with Crippen LogP contribution in [0.15, 0.2) is 41.5 Å². The summed E-state index contributed by atoms with van der Waals surface area (Å²) in [7, 11) is -4.07. The van der Waals surface area contributed by atoms with Gasteiger partial charge in [0.05, 0.1) is 29.4 Å². The SMILES string of the molecule is CC(C)OC(=O)[C@H](C)NP(=O)(OC[C@H]1S[C@@H](n2cnc(N)nc2=O)CC1O)Oc1ccccc1. The summed E-state index contributed by atoms with van der Waals surface area (Å²) in [6.07, 6.45) is 0.272.